The zero-order chi connectivity index (χ0) is 15.5. The van der Waals surface area contributed by atoms with E-state index in [2.05, 4.69) is 36.0 Å². The first-order valence-corrected chi connectivity index (χ1v) is 8.63. The number of hydrogen-bond donors (Lipinski definition) is 1. The van der Waals surface area contributed by atoms with E-state index in [0.29, 0.717) is 6.61 Å². The van der Waals surface area contributed by atoms with Gasteiger partial charge in [-0.1, -0.05) is 20.3 Å². The minimum atomic E-state index is -0.480. The molecule has 2 rings (SSSR count). The van der Waals surface area contributed by atoms with Crippen molar-refractivity contribution in [1.82, 2.24) is 10.2 Å². The lowest BCUT2D eigenvalue weighted by Gasteiger charge is -2.32. The number of carbonyl (C=O) groups is 1. The van der Waals surface area contributed by atoms with Crippen molar-refractivity contribution in [3.8, 4) is 0 Å². The number of methoxy groups -OCH3 is 1. The fraction of sp³-hybridized carbons (Fsp3) is 0.688. The van der Waals surface area contributed by atoms with E-state index in [0.717, 1.165) is 19.3 Å². The van der Waals surface area contributed by atoms with Crippen molar-refractivity contribution in [1.29, 1.82) is 0 Å². The molecule has 1 aliphatic heterocycles. The average Bonchev–Trinajstić information content (AvgIpc) is 3.07. The molecule has 118 valence electrons. The number of carbonyl (C=O) groups excluding carboxylic acids is 1. The average molecular weight is 310 g/mol. The quantitative estimate of drug-likeness (QED) is 0.841. The van der Waals surface area contributed by atoms with Crippen molar-refractivity contribution in [2.24, 2.45) is 0 Å². The van der Waals surface area contributed by atoms with Crippen LogP contribution in [0.3, 0.4) is 0 Å². The van der Waals surface area contributed by atoms with Crippen LogP contribution in [0, 0.1) is 0 Å². The van der Waals surface area contributed by atoms with E-state index in [-0.39, 0.29) is 18.1 Å². The Balaban J connectivity index is 2.34. The van der Waals surface area contributed by atoms with Gasteiger partial charge in [0.2, 0.25) is 5.91 Å². The summed E-state index contributed by atoms with van der Waals surface area (Å²) in [7, 11) is 1.70. The van der Waals surface area contributed by atoms with Crippen molar-refractivity contribution in [3.05, 3.63) is 22.4 Å². The fourth-order valence-electron chi connectivity index (χ4n) is 2.97. The summed E-state index contributed by atoms with van der Waals surface area (Å²) >= 11 is 1.67. The third-order valence-electron chi connectivity index (χ3n) is 4.38. The van der Waals surface area contributed by atoms with Crippen LogP contribution in [0.1, 0.15) is 51.8 Å². The molecule has 2 heterocycles. The molecule has 1 amide bonds. The highest BCUT2D eigenvalue weighted by Gasteiger charge is 2.49. The second-order valence-corrected chi connectivity index (χ2v) is 6.68. The molecule has 0 spiro atoms. The molecule has 1 aromatic rings. The molecule has 3 unspecified atom stereocenters. The van der Waals surface area contributed by atoms with E-state index in [4.69, 9.17) is 4.74 Å². The van der Waals surface area contributed by atoms with Gasteiger partial charge in [-0.05, 0) is 42.2 Å². The van der Waals surface area contributed by atoms with Gasteiger partial charge in [-0.3, -0.25) is 10.1 Å². The zero-order valence-electron chi connectivity index (χ0n) is 13.4. The first-order chi connectivity index (χ1) is 10.1. The molecule has 4 nitrogen and oxygen atoms in total. The van der Waals surface area contributed by atoms with Crippen LogP contribution in [-0.4, -0.2) is 36.1 Å². The minimum Gasteiger partial charge on any atom is -0.383 e. The molecule has 1 fully saturated rings. The molecular weight excluding hydrogens is 284 g/mol. The van der Waals surface area contributed by atoms with Gasteiger partial charge in [-0.25, -0.2) is 0 Å². The Morgan fingerprint density at radius 2 is 2.29 bits per heavy atom. The Kier molecular flexibility index (Phi) is 5.41. The summed E-state index contributed by atoms with van der Waals surface area (Å²) in [5.41, 5.74) is 0.689. The minimum absolute atomic E-state index is 0.0413. The Hall–Kier alpha value is -0.910. The maximum absolute atomic E-state index is 13.0. The normalized spacial score (nSPS) is 27.3. The van der Waals surface area contributed by atoms with E-state index in [1.165, 1.54) is 5.56 Å². The summed E-state index contributed by atoms with van der Waals surface area (Å²) in [5.74, 6) is 0.191. The van der Waals surface area contributed by atoms with E-state index < -0.39 is 5.54 Å². The Labute approximate surface area is 131 Å². The molecular formula is C16H26N2O2S. The summed E-state index contributed by atoms with van der Waals surface area (Å²) in [5, 5.41) is 7.73. The molecule has 21 heavy (non-hydrogen) atoms. The topological polar surface area (TPSA) is 41.6 Å². The number of nitrogens with one attached hydrogen (secondary N) is 1. The number of amides is 1. The van der Waals surface area contributed by atoms with Crippen LogP contribution in [-0.2, 0) is 9.53 Å². The number of thiophene rings is 1. The summed E-state index contributed by atoms with van der Waals surface area (Å²) in [4.78, 5) is 15.0. The van der Waals surface area contributed by atoms with Crippen molar-refractivity contribution >= 4 is 17.2 Å². The zero-order valence-corrected chi connectivity index (χ0v) is 14.2. The first-order valence-electron chi connectivity index (χ1n) is 7.68. The lowest BCUT2D eigenvalue weighted by molar-refractivity contribution is -0.136. The molecule has 0 saturated carbocycles. The summed E-state index contributed by atoms with van der Waals surface area (Å²) in [6, 6.07) is 2.22. The maximum Gasteiger partial charge on any atom is 0.244 e. The molecule has 5 heteroatoms. The second kappa shape index (κ2) is 6.90. The van der Waals surface area contributed by atoms with Crippen molar-refractivity contribution in [3.63, 3.8) is 0 Å². The first kappa shape index (κ1) is 16.5. The fourth-order valence-corrected chi connectivity index (χ4v) is 3.65. The van der Waals surface area contributed by atoms with Crippen LogP contribution < -0.4 is 5.32 Å². The van der Waals surface area contributed by atoms with Gasteiger partial charge in [0.1, 0.15) is 6.17 Å². The summed E-state index contributed by atoms with van der Waals surface area (Å²) < 4.78 is 5.37. The van der Waals surface area contributed by atoms with Gasteiger partial charge in [-0.2, -0.15) is 11.3 Å². The highest BCUT2D eigenvalue weighted by molar-refractivity contribution is 7.07. The summed E-state index contributed by atoms with van der Waals surface area (Å²) in [6.07, 6.45) is 2.74. The standard InChI is InChI=1S/C16H26N2O2S/c1-5-7-13(10-20-4)18-14(12-8-9-21-11-12)17-16(3,6-2)15(18)19/h8-9,11,13-14,17H,5-7,10H2,1-4H3. The molecule has 1 aliphatic rings. The highest BCUT2D eigenvalue weighted by atomic mass is 32.1. The third-order valence-corrected chi connectivity index (χ3v) is 5.08. The maximum atomic E-state index is 13.0. The van der Waals surface area contributed by atoms with Gasteiger partial charge < -0.3 is 9.64 Å². The van der Waals surface area contributed by atoms with Gasteiger partial charge in [0.25, 0.3) is 0 Å². The van der Waals surface area contributed by atoms with Gasteiger partial charge in [0.05, 0.1) is 18.2 Å². The van der Waals surface area contributed by atoms with E-state index in [9.17, 15) is 4.79 Å². The van der Waals surface area contributed by atoms with E-state index in [1.54, 1.807) is 18.4 Å². The predicted octanol–water partition coefficient (Wildman–Crippen LogP) is 3.16. The molecule has 0 bridgehead atoms. The predicted molar refractivity (Wildman–Crippen MR) is 86.3 cm³/mol. The lowest BCUT2D eigenvalue weighted by atomic mass is 9.98. The van der Waals surface area contributed by atoms with Crippen LogP contribution in [0.15, 0.2) is 16.8 Å². The van der Waals surface area contributed by atoms with Gasteiger partial charge >= 0.3 is 0 Å². The van der Waals surface area contributed by atoms with E-state index in [1.807, 2.05) is 11.8 Å². The van der Waals surface area contributed by atoms with Gasteiger partial charge in [0, 0.05) is 7.11 Å². The van der Waals surface area contributed by atoms with Crippen molar-refractivity contribution in [2.45, 2.75) is 57.8 Å². The SMILES string of the molecule is CCCC(COC)N1C(=O)C(C)(CC)NC1c1ccsc1. The Morgan fingerprint density at radius 1 is 1.52 bits per heavy atom. The molecule has 1 aromatic heterocycles. The molecule has 0 aromatic carbocycles. The lowest BCUT2D eigenvalue weighted by Crippen LogP contribution is -2.46. The van der Waals surface area contributed by atoms with Gasteiger partial charge in [-0.15, -0.1) is 0 Å². The van der Waals surface area contributed by atoms with E-state index >= 15 is 0 Å². The smallest absolute Gasteiger partial charge is 0.244 e. The number of ether oxygens (including phenoxy) is 1. The molecule has 0 radical (unpaired) electrons. The monoisotopic (exact) mass is 310 g/mol. The van der Waals surface area contributed by atoms with Crippen molar-refractivity contribution < 1.29 is 9.53 Å². The van der Waals surface area contributed by atoms with Crippen LogP contribution in [0.5, 0.6) is 0 Å². The summed E-state index contributed by atoms with van der Waals surface area (Å²) in [6.45, 7) is 6.80. The van der Waals surface area contributed by atoms with Crippen molar-refractivity contribution in [2.75, 3.05) is 13.7 Å². The molecule has 0 aliphatic carbocycles. The molecule has 1 N–H and O–H groups in total. The largest absolute Gasteiger partial charge is 0.383 e. The van der Waals surface area contributed by atoms with Gasteiger partial charge in [0.15, 0.2) is 0 Å². The van der Waals surface area contributed by atoms with Crippen LogP contribution in [0.4, 0.5) is 0 Å². The molecule has 1 saturated heterocycles. The van der Waals surface area contributed by atoms with Crippen LogP contribution >= 0.6 is 11.3 Å². The third kappa shape index (κ3) is 3.15. The number of rotatable bonds is 7. The van der Waals surface area contributed by atoms with Crippen LogP contribution in [0.25, 0.3) is 0 Å². The second-order valence-electron chi connectivity index (χ2n) is 5.90. The highest BCUT2D eigenvalue weighted by Crippen LogP contribution is 2.36. The number of nitrogens with zero attached hydrogens (tertiary/aromatic N) is 1. The molecule has 3 atom stereocenters. The van der Waals surface area contributed by atoms with Crippen LogP contribution in [0.2, 0.25) is 0 Å². The Morgan fingerprint density at radius 3 is 2.81 bits per heavy atom. The Bertz CT molecular complexity index is 457. The number of hydrogen-bond acceptors (Lipinski definition) is 4.